The molecule has 1 atom stereocenters. The van der Waals surface area contributed by atoms with Gasteiger partial charge in [0, 0.05) is 0 Å². The van der Waals surface area contributed by atoms with E-state index in [0.29, 0.717) is 6.42 Å². The van der Waals surface area contributed by atoms with Crippen molar-refractivity contribution in [2.75, 3.05) is 0 Å². The van der Waals surface area contributed by atoms with Gasteiger partial charge in [-0.1, -0.05) is 54.6 Å². The molecule has 0 saturated carbocycles. The molecule has 0 bridgehead atoms. The van der Waals surface area contributed by atoms with Gasteiger partial charge in [-0.15, -0.1) is 0 Å². The molecule has 0 spiro atoms. The van der Waals surface area contributed by atoms with Crippen molar-refractivity contribution in [3.8, 4) is 11.1 Å². The summed E-state index contributed by atoms with van der Waals surface area (Å²) in [7, 11) is 0. The summed E-state index contributed by atoms with van der Waals surface area (Å²) in [5.41, 5.74) is 2.53. The van der Waals surface area contributed by atoms with Crippen LogP contribution in [0, 0.1) is 0 Å². The highest BCUT2D eigenvalue weighted by molar-refractivity contribution is 5.80. The number of carboxylic acids is 1. The molecule has 0 aliphatic carbocycles. The lowest BCUT2D eigenvalue weighted by atomic mass is 9.99. The van der Waals surface area contributed by atoms with Crippen molar-refractivity contribution in [3.63, 3.8) is 0 Å². The van der Waals surface area contributed by atoms with Crippen LogP contribution in [0.1, 0.15) is 32.8 Å². The summed E-state index contributed by atoms with van der Waals surface area (Å²) >= 11 is 0. The van der Waals surface area contributed by atoms with Crippen LogP contribution in [-0.2, 0) is 16.0 Å². The fourth-order valence-electron chi connectivity index (χ4n) is 2.56. The van der Waals surface area contributed by atoms with E-state index >= 15 is 0 Å². The summed E-state index contributed by atoms with van der Waals surface area (Å²) in [6, 6.07) is 17.0. The zero-order valence-corrected chi connectivity index (χ0v) is 15.4. The average Bonchev–Trinajstić information content (AvgIpc) is 2.58. The number of aryl methyl sites for hydroxylation is 1. The molecule has 0 aliphatic rings. The van der Waals surface area contributed by atoms with Gasteiger partial charge in [0.1, 0.15) is 11.6 Å². The predicted octanol–water partition coefficient (Wildman–Crippen LogP) is 4.26. The van der Waals surface area contributed by atoms with Crippen LogP contribution in [0.3, 0.4) is 0 Å². The van der Waals surface area contributed by atoms with Crippen molar-refractivity contribution in [2.45, 2.75) is 45.3 Å². The largest absolute Gasteiger partial charge is 0.480 e. The molecule has 0 fully saturated rings. The molecule has 26 heavy (non-hydrogen) atoms. The summed E-state index contributed by atoms with van der Waals surface area (Å²) < 4.78 is 5.13. The third-order valence-corrected chi connectivity index (χ3v) is 3.74. The second-order valence-corrected chi connectivity index (χ2v) is 7.14. The summed E-state index contributed by atoms with van der Waals surface area (Å²) in [4.78, 5) is 23.3. The van der Waals surface area contributed by atoms with Crippen LogP contribution < -0.4 is 5.32 Å². The number of carbonyl (C=O) groups is 2. The van der Waals surface area contributed by atoms with Crippen LogP contribution in [0.4, 0.5) is 4.79 Å². The number of benzene rings is 2. The SMILES string of the molecule is CC(C)(C)OC(=O)N[C@H](CCc1cccc(-c2ccccc2)c1)C(=O)O. The summed E-state index contributed by atoms with van der Waals surface area (Å²) in [6.45, 7) is 5.20. The Kier molecular flexibility index (Phi) is 6.39. The molecular formula is C21H25NO4. The molecule has 0 aromatic heterocycles. The van der Waals surface area contributed by atoms with Gasteiger partial charge >= 0.3 is 12.1 Å². The highest BCUT2D eigenvalue weighted by Crippen LogP contribution is 2.21. The smallest absolute Gasteiger partial charge is 0.408 e. The van der Waals surface area contributed by atoms with Gasteiger partial charge in [-0.05, 0) is 50.3 Å². The number of nitrogens with one attached hydrogen (secondary N) is 1. The van der Waals surface area contributed by atoms with E-state index in [2.05, 4.69) is 5.32 Å². The van der Waals surface area contributed by atoms with E-state index in [9.17, 15) is 14.7 Å². The highest BCUT2D eigenvalue weighted by atomic mass is 16.6. The van der Waals surface area contributed by atoms with Crippen molar-refractivity contribution >= 4 is 12.1 Å². The van der Waals surface area contributed by atoms with Crippen molar-refractivity contribution in [2.24, 2.45) is 0 Å². The number of alkyl carbamates (subject to hydrolysis) is 1. The van der Waals surface area contributed by atoms with Gasteiger partial charge in [-0.25, -0.2) is 9.59 Å². The molecule has 5 nitrogen and oxygen atoms in total. The van der Waals surface area contributed by atoms with Gasteiger partial charge in [0.05, 0.1) is 0 Å². The molecule has 0 saturated heterocycles. The Morgan fingerprint density at radius 3 is 2.31 bits per heavy atom. The normalized spacial score (nSPS) is 12.3. The fraction of sp³-hybridized carbons (Fsp3) is 0.333. The number of aliphatic carboxylic acids is 1. The van der Waals surface area contributed by atoms with Crippen molar-refractivity contribution in [1.29, 1.82) is 0 Å². The van der Waals surface area contributed by atoms with E-state index in [1.54, 1.807) is 20.8 Å². The fourth-order valence-corrected chi connectivity index (χ4v) is 2.56. The molecular weight excluding hydrogens is 330 g/mol. The molecule has 0 aliphatic heterocycles. The third-order valence-electron chi connectivity index (χ3n) is 3.74. The third kappa shape index (κ3) is 6.24. The number of carboxylic acid groups (broad SMARTS) is 1. The second kappa shape index (κ2) is 8.52. The van der Waals surface area contributed by atoms with E-state index in [4.69, 9.17) is 4.74 Å². The van der Waals surface area contributed by atoms with Crippen LogP contribution in [0.25, 0.3) is 11.1 Å². The standard InChI is InChI=1S/C21H25NO4/c1-21(2,3)26-20(25)22-18(19(23)24)13-12-15-8-7-11-17(14-15)16-9-5-4-6-10-16/h4-11,14,18H,12-13H2,1-3H3,(H,22,25)(H,23,24)/t18-/m1/s1. The molecule has 2 rings (SSSR count). The van der Waals surface area contributed by atoms with E-state index in [1.807, 2.05) is 54.6 Å². The topological polar surface area (TPSA) is 75.6 Å². The minimum absolute atomic E-state index is 0.285. The Morgan fingerprint density at radius 1 is 1.04 bits per heavy atom. The zero-order valence-electron chi connectivity index (χ0n) is 15.4. The molecule has 1 amide bonds. The van der Waals surface area contributed by atoms with Gasteiger partial charge in [0.15, 0.2) is 0 Å². The van der Waals surface area contributed by atoms with Crippen molar-refractivity contribution < 1.29 is 19.4 Å². The number of ether oxygens (including phenoxy) is 1. The van der Waals surface area contributed by atoms with E-state index in [-0.39, 0.29) is 6.42 Å². The van der Waals surface area contributed by atoms with Crippen LogP contribution in [0.2, 0.25) is 0 Å². The predicted molar refractivity (Wildman–Crippen MR) is 101 cm³/mol. The van der Waals surface area contributed by atoms with Gasteiger partial charge in [0.2, 0.25) is 0 Å². The Bertz CT molecular complexity index is 750. The number of hydrogen-bond donors (Lipinski definition) is 2. The van der Waals surface area contributed by atoms with Crippen LogP contribution in [0.15, 0.2) is 54.6 Å². The first kappa shape index (κ1) is 19.5. The quantitative estimate of drug-likeness (QED) is 0.812. The minimum Gasteiger partial charge on any atom is -0.480 e. The molecule has 5 heteroatoms. The van der Waals surface area contributed by atoms with Crippen LogP contribution in [0.5, 0.6) is 0 Å². The molecule has 0 unspecified atom stereocenters. The summed E-state index contributed by atoms with van der Waals surface area (Å²) in [5.74, 6) is -1.07. The van der Waals surface area contributed by atoms with E-state index < -0.39 is 23.7 Å². The van der Waals surface area contributed by atoms with E-state index in [0.717, 1.165) is 16.7 Å². The monoisotopic (exact) mass is 355 g/mol. The van der Waals surface area contributed by atoms with Gasteiger partial charge < -0.3 is 15.2 Å². The number of rotatable bonds is 6. The summed E-state index contributed by atoms with van der Waals surface area (Å²) in [6.07, 6.45) is 0.100. The first-order chi connectivity index (χ1) is 12.2. The molecule has 2 N–H and O–H groups in total. The Labute approximate surface area is 154 Å². The first-order valence-corrected chi connectivity index (χ1v) is 8.61. The van der Waals surface area contributed by atoms with Gasteiger partial charge in [-0.2, -0.15) is 0 Å². The molecule has 2 aromatic carbocycles. The second-order valence-electron chi connectivity index (χ2n) is 7.14. The minimum atomic E-state index is -1.07. The zero-order chi connectivity index (χ0) is 19.2. The lowest BCUT2D eigenvalue weighted by Crippen LogP contribution is -2.43. The highest BCUT2D eigenvalue weighted by Gasteiger charge is 2.23. The average molecular weight is 355 g/mol. The lowest BCUT2D eigenvalue weighted by molar-refractivity contribution is -0.139. The Balaban J connectivity index is 2.01. The maximum Gasteiger partial charge on any atom is 0.408 e. The maximum absolute atomic E-state index is 11.8. The van der Waals surface area contributed by atoms with Crippen molar-refractivity contribution in [1.82, 2.24) is 5.32 Å². The maximum atomic E-state index is 11.8. The molecule has 138 valence electrons. The van der Waals surface area contributed by atoms with Crippen LogP contribution >= 0.6 is 0 Å². The Hall–Kier alpha value is -2.82. The number of carbonyl (C=O) groups excluding carboxylic acids is 1. The number of amides is 1. The van der Waals surface area contributed by atoms with E-state index in [1.165, 1.54) is 0 Å². The van der Waals surface area contributed by atoms with Crippen molar-refractivity contribution in [3.05, 3.63) is 60.2 Å². The first-order valence-electron chi connectivity index (χ1n) is 8.61. The van der Waals surface area contributed by atoms with Gasteiger partial charge in [-0.3, -0.25) is 0 Å². The van der Waals surface area contributed by atoms with Crippen LogP contribution in [-0.4, -0.2) is 28.8 Å². The Morgan fingerprint density at radius 2 is 1.69 bits per heavy atom. The molecule has 0 radical (unpaired) electrons. The molecule has 0 heterocycles. The van der Waals surface area contributed by atoms with Gasteiger partial charge in [0.25, 0.3) is 0 Å². The lowest BCUT2D eigenvalue weighted by Gasteiger charge is -2.22. The summed E-state index contributed by atoms with van der Waals surface area (Å²) in [5, 5.41) is 11.8. The molecule has 2 aromatic rings. The number of hydrogen-bond acceptors (Lipinski definition) is 3.